The minimum atomic E-state index is -0.489. The van der Waals surface area contributed by atoms with Crippen molar-refractivity contribution in [2.45, 2.75) is 37.8 Å². The van der Waals surface area contributed by atoms with Crippen LogP contribution < -0.4 is 11.1 Å². The minimum Gasteiger partial charge on any atom is -0.348 e. The molecule has 2 aromatic rings. The lowest BCUT2D eigenvalue weighted by molar-refractivity contribution is -0.123. The molecule has 0 saturated heterocycles. The third kappa shape index (κ3) is 3.88. The van der Waals surface area contributed by atoms with Crippen LogP contribution in [0, 0.1) is 0 Å². The minimum absolute atomic E-state index is 0. The van der Waals surface area contributed by atoms with E-state index in [1.54, 1.807) is 11.3 Å². The number of amides is 1. The van der Waals surface area contributed by atoms with Crippen LogP contribution in [0.1, 0.15) is 34.9 Å². The van der Waals surface area contributed by atoms with Crippen molar-refractivity contribution in [3.63, 3.8) is 0 Å². The van der Waals surface area contributed by atoms with Gasteiger partial charge < -0.3 is 11.1 Å². The zero-order valence-corrected chi connectivity index (χ0v) is 14.0. The average Bonchev–Trinajstić information content (AvgIpc) is 2.98. The fraction of sp³-hybridized carbons (Fsp3) is 0.353. The van der Waals surface area contributed by atoms with Gasteiger partial charge in [0.05, 0.1) is 12.1 Å². The topological polar surface area (TPSA) is 55.1 Å². The van der Waals surface area contributed by atoms with Gasteiger partial charge in [0, 0.05) is 4.88 Å². The van der Waals surface area contributed by atoms with Crippen LogP contribution in [0.25, 0.3) is 0 Å². The Morgan fingerprint density at radius 2 is 2.09 bits per heavy atom. The third-order valence-electron chi connectivity index (χ3n) is 4.00. The maximum absolute atomic E-state index is 12.3. The molecule has 3 nitrogen and oxygen atoms in total. The lowest BCUT2D eigenvalue weighted by Gasteiger charge is -2.25. The second-order valence-corrected chi connectivity index (χ2v) is 6.55. The van der Waals surface area contributed by atoms with Crippen LogP contribution >= 0.6 is 23.7 Å². The summed E-state index contributed by atoms with van der Waals surface area (Å²) < 4.78 is 0. The van der Waals surface area contributed by atoms with E-state index in [2.05, 4.69) is 16.8 Å². The summed E-state index contributed by atoms with van der Waals surface area (Å²) in [5.41, 5.74) is 8.43. The predicted octanol–water partition coefficient (Wildman–Crippen LogP) is 3.23. The summed E-state index contributed by atoms with van der Waals surface area (Å²) in [6, 6.07) is 11.7. The highest BCUT2D eigenvalue weighted by molar-refractivity contribution is 7.10. The second-order valence-electron chi connectivity index (χ2n) is 5.55. The number of rotatable bonds is 4. The molecule has 2 atom stereocenters. The van der Waals surface area contributed by atoms with Gasteiger partial charge in [-0.15, -0.1) is 23.7 Å². The van der Waals surface area contributed by atoms with Crippen LogP contribution in [0.4, 0.5) is 0 Å². The first-order valence-corrected chi connectivity index (χ1v) is 8.28. The van der Waals surface area contributed by atoms with Crippen molar-refractivity contribution >= 4 is 29.7 Å². The highest BCUT2D eigenvalue weighted by atomic mass is 35.5. The maximum atomic E-state index is 12.3. The standard InChI is InChI=1S/C17H20N2OS.ClH/c18-14(11-12-5-2-1-3-6-12)17(20)19-15-7-4-8-16-13(15)9-10-21-16;/h1-3,5-6,9-10,14-15H,4,7-8,11,18H2,(H,19,20);1H/t14-,15?;/m0./s1. The third-order valence-corrected chi connectivity index (χ3v) is 5.00. The molecule has 3 rings (SSSR count). The van der Waals surface area contributed by atoms with Gasteiger partial charge in [-0.3, -0.25) is 4.79 Å². The fourth-order valence-corrected chi connectivity index (χ4v) is 3.86. The molecule has 0 bridgehead atoms. The number of halogens is 1. The summed E-state index contributed by atoms with van der Waals surface area (Å²) in [6.07, 6.45) is 3.85. The van der Waals surface area contributed by atoms with Gasteiger partial charge in [-0.1, -0.05) is 30.3 Å². The van der Waals surface area contributed by atoms with Crippen molar-refractivity contribution in [1.82, 2.24) is 5.32 Å². The Labute approximate surface area is 141 Å². The van der Waals surface area contributed by atoms with Crippen LogP contribution in [0.2, 0.25) is 0 Å². The van der Waals surface area contributed by atoms with E-state index in [9.17, 15) is 4.79 Å². The molecule has 1 unspecified atom stereocenters. The first-order valence-electron chi connectivity index (χ1n) is 7.40. The van der Waals surface area contributed by atoms with E-state index < -0.39 is 6.04 Å². The number of thiophene rings is 1. The van der Waals surface area contributed by atoms with Crippen molar-refractivity contribution in [2.75, 3.05) is 0 Å². The fourth-order valence-electron chi connectivity index (χ4n) is 2.88. The van der Waals surface area contributed by atoms with Crippen molar-refractivity contribution in [1.29, 1.82) is 0 Å². The molecule has 0 aliphatic heterocycles. The molecule has 1 aliphatic rings. The van der Waals surface area contributed by atoms with Crippen LogP contribution in [-0.2, 0) is 17.6 Å². The highest BCUT2D eigenvalue weighted by Crippen LogP contribution is 2.33. The molecule has 1 aliphatic carbocycles. The zero-order chi connectivity index (χ0) is 14.7. The molecule has 0 saturated carbocycles. The number of hydrogen-bond donors (Lipinski definition) is 2. The van der Waals surface area contributed by atoms with Gasteiger partial charge in [0.2, 0.25) is 5.91 Å². The van der Waals surface area contributed by atoms with E-state index in [0.29, 0.717) is 6.42 Å². The van der Waals surface area contributed by atoms with Gasteiger partial charge in [0.15, 0.2) is 0 Å². The summed E-state index contributed by atoms with van der Waals surface area (Å²) >= 11 is 1.78. The number of nitrogens with one attached hydrogen (secondary N) is 1. The predicted molar refractivity (Wildman–Crippen MR) is 93.5 cm³/mol. The SMILES string of the molecule is Cl.N[C@@H](Cc1ccccc1)C(=O)NC1CCCc2sccc21. The number of fused-ring (bicyclic) bond motifs is 1. The summed E-state index contributed by atoms with van der Waals surface area (Å²) in [7, 11) is 0. The quantitative estimate of drug-likeness (QED) is 0.900. The summed E-state index contributed by atoms with van der Waals surface area (Å²) in [6.45, 7) is 0. The van der Waals surface area contributed by atoms with Gasteiger partial charge in [-0.2, -0.15) is 0 Å². The van der Waals surface area contributed by atoms with Crippen LogP contribution in [-0.4, -0.2) is 11.9 Å². The number of benzene rings is 1. The molecule has 0 fully saturated rings. The molecule has 1 aromatic heterocycles. The van der Waals surface area contributed by atoms with E-state index in [1.807, 2.05) is 30.3 Å². The van der Waals surface area contributed by atoms with E-state index >= 15 is 0 Å². The maximum Gasteiger partial charge on any atom is 0.237 e. The highest BCUT2D eigenvalue weighted by Gasteiger charge is 2.24. The van der Waals surface area contributed by atoms with Crippen molar-refractivity contribution < 1.29 is 4.79 Å². The van der Waals surface area contributed by atoms with Gasteiger partial charge in [0.25, 0.3) is 0 Å². The number of hydrogen-bond acceptors (Lipinski definition) is 3. The van der Waals surface area contributed by atoms with Crippen LogP contribution in [0.3, 0.4) is 0 Å². The number of nitrogens with two attached hydrogens (primary N) is 1. The van der Waals surface area contributed by atoms with Crippen molar-refractivity contribution in [2.24, 2.45) is 5.73 Å². The number of carbonyl (C=O) groups excluding carboxylic acids is 1. The Morgan fingerprint density at radius 3 is 2.86 bits per heavy atom. The summed E-state index contributed by atoms with van der Waals surface area (Å²) in [5, 5.41) is 5.23. The largest absolute Gasteiger partial charge is 0.348 e. The summed E-state index contributed by atoms with van der Waals surface area (Å²) in [5.74, 6) is -0.0529. The molecule has 3 N–H and O–H groups in total. The molecule has 22 heavy (non-hydrogen) atoms. The molecule has 1 aromatic carbocycles. The molecule has 1 amide bonds. The molecule has 1 heterocycles. The van der Waals surface area contributed by atoms with E-state index in [-0.39, 0.29) is 24.4 Å². The summed E-state index contributed by atoms with van der Waals surface area (Å²) in [4.78, 5) is 13.7. The molecule has 5 heteroatoms. The number of aryl methyl sites for hydroxylation is 1. The van der Waals surface area contributed by atoms with Gasteiger partial charge >= 0.3 is 0 Å². The zero-order valence-electron chi connectivity index (χ0n) is 12.3. The Balaban J connectivity index is 0.00000176. The Morgan fingerprint density at radius 1 is 1.32 bits per heavy atom. The van der Waals surface area contributed by atoms with Gasteiger partial charge in [-0.25, -0.2) is 0 Å². The smallest absolute Gasteiger partial charge is 0.237 e. The van der Waals surface area contributed by atoms with E-state index in [0.717, 1.165) is 24.8 Å². The monoisotopic (exact) mass is 336 g/mol. The average molecular weight is 337 g/mol. The molecule has 0 spiro atoms. The first kappa shape index (κ1) is 17.0. The molecule has 0 radical (unpaired) electrons. The number of carbonyl (C=O) groups is 1. The van der Waals surface area contributed by atoms with Gasteiger partial charge in [-0.05, 0) is 48.3 Å². The van der Waals surface area contributed by atoms with Crippen LogP contribution in [0.15, 0.2) is 41.8 Å². The molecular formula is C17H21ClN2OS. The lowest BCUT2D eigenvalue weighted by atomic mass is 9.93. The lowest BCUT2D eigenvalue weighted by Crippen LogP contribution is -2.44. The van der Waals surface area contributed by atoms with E-state index in [4.69, 9.17) is 5.73 Å². The van der Waals surface area contributed by atoms with Gasteiger partial charge in [0.1, 0.15) is 0 Å². The second kappa shape index (κ2) is 7.77. The Hall–Kier alpha value is -1.36. The molecular weight excluding hydrogens is 316 g/mol. The first-order chi connectivity index (χ1) is 10.2. The molecule has 118 valence electrons. The Kier molecular flexibility index (Phi) is 6.00. The van der Waals surface area contributed by atoms with E-state index in [1.165, 1.54) is 10.4 Å². The van der Waals surface area contributed by atoms with Crippen LogP contribution in [0.5, 0.6) is 0 Å². The van der Waals surface area contributed by atoms with Crippen molar-refractivity contribution in [3.8, 4) is 0 Å². The van der Waals surface area contributed by atoms with Crippen molar-refractivity contribution in [3.05, 3.63) is 57.8 Å². The normalized spacial score (nSPS) is 18.0. The Bertz CT molecular complexity index is 614.